The lowest BCUT2D eigenvalue weighted by atomic mass is 9.96. The highest BCUT2D eigenvalue weighted by Gasteiger charge is 2.23. The van der Waals surface area contributed by atoms with E-state index in [1.165, 1.54) is 0 Å². The van der Waals surface area contributed by atoms with Gasteiger partial charge in [0.05, 0.1) is 12.7 Å². The van der Waals surface area contributed by atoms with Crippen molar-refractivity contribution in [1.29, 1.82) is 0 Å². The van der Waals surface area contributed by atoms with Gasteiger partial charge in [-0.1, -0.05) is 0 Å². The van der Waals surface area contributed by atoms with Crippen LogP contribution in [0.5, 0.6) is 0 Å². The Morgan fingerprint density at radius 2 is 1.73 bits per heavy atom. The minimum Gasteiger partial charge on any atom is -0.391 e. The first-order chi connectivity index (χ1) is 6.62. The van der Waals surface area contributed by atoms with E-state index >= 15 is 0 Å². The van der Waals surface area contributed by atoms with Crippen molar-refractivity contribution in [2.45, 2.75) is 65.1 Å². The van der Waals surface area contributed by atoms with Gasteiger partial charge in [-0.15, -0.1) is 0 Å². The first-order valence-corrected chi connectivity index (χ1v) is 5.67. The summed E-state index contributed by atoms with van der Waals surface area (Å²) in [5, 5.41) is 12.6. The minimum absolute atomic E-state index is 0.0664. The van der Waals surface area contributed by atoms with Gasteiger partial charge in [0.2, 0.25) is 0 Å². The predicted molar refractivity (Wildman–Crippen MR) is 64.1 cm³/mol. The second-order valence-electron chi connectivity index (χ2n) is 5.93. The number of aliphatic hydroxyl groups excluding tert-OH is 1. The Hall–Kier alpha value is -0.120. The molecule has 0 heterocycles. The Bertz CT molecular complexity index is 171. The molecule has 0 aliphatic heterocycles. The van der Waals surface area contributed by atoms with Gasteiger partial charge in [0.15, 0.2) is 0 Å². The molecule has 0 amide bonds. The molecule has 15 heavy (non-hydrogen) atoms. The summed E-state index contributed by atoms with van der Waals surface area (Å²) in [4.78, 5) is 0. The minimum atomic E-state index is -0.372. The fourth-order valence-corrected chi connectivity index (χ4v) is 1.66. The fraction of sp³-hybridized carbons (Fsp3) is 1.00. The summed E-state index contributed by atoms with van der Waals surface area (Å²) in [6.07, 6.45) is 0.570. The van der Waals surface area contributed by atoms with Gasteiger partial charge in [0, 0.05) is 17.7 Å². The van der Waals surface area contributed by atoms with E-state index in [2.05, 4.69) is 39.9 Å². The van der Waals surface area contributed by atoms with Crippen LogP contribution < -0.4 is 5.32 Å². The second-order valence-corrected chi connectivity index (χ2v) is 5.93. The molecule has 3 heteroatoms. The summed E-state index contributed by atoms with van der Waals surface area (Å²) >= 11 is 0. The predicted octanol–water partition coefficient (Wildman–Crippen LogP) is 1.94. The van der Waals surface area contributed by atoms with Crippen LogP contribution in [-0.2, 0) is 4.74 Å². The molecule has 2 N–H and O–H groups in total. The summed E-state index contributed by atoms with van der Waals surface area (Å²) in [7, 11) is 0. The molecule has 0 bridgehead atoms. The third-order valence-corrected chi connectivity index (χ3v) is 1.94. The van der Waals surface area contributed by atoms with Crippen molar-refractivity contribution in [3.05, 3.63) is 0 Å². The van der Waals surface area contributed by atoms with E-state index in [1.807, 2.05) is 0 Å². The maximum absolute atomic E-state index is 9.03. The molecule has 1 unspecified atom stereocenters. The van der Waals surface area contributed by atoms with Crippen LogP contribution in [0.3, 0.4) is 0 Å². The van der Waals surface area contributed by atoms with Crippen molar-refractivity contribution in [2.75, 3.05) is 13.2 Å². The van der Waals surface area contributed by atoms with Crippen LogP contribution in [0.15, 0.2) is 0 Å². The van der Waals surface area contributed by atoms with Crippen molar-refractivity contribution in [1.82, 2.24) is 5.32 Å². The van der Waals surface area contributed by atoms with Gasteiger partial charge in [-0.05, 0) is 48.0 Å². The van der Waals surface area contributed by atoms with E-state index in [9.17, 15) is 0 Å². The smallest absolute Gasteiger partial charge is 0.0745 e. The van der Waals surface area contributed by atoms with E-state index in [-0.39, 0.29) is 17.2 Å². The van der Waals surface area contributed by atoms with Crippen LogP contribution in [0, 0.1) is 0 Å². The number of rotatable bonds is 6. The summed E-state index contributed by atoms with van der Waals surface area (Å²) in [5.74, 6) is 0. The molecule has 0 saturated carbocycles. The molecule has 92 valence electrons. The van der Waals surface area contributed by atoms with Crippen LogP contribution in [-0.4, -0.2) is 35.5 Å². The number of hydrogen-bond donors (Lipinski definition) is 2. The standard InChI is InChI=1S/C12H27NO2/c1-10(14)9-15-8-7-12(5,6)13-11(2,3)4/h10,13-14H,7-9H2,1-6H3. The lowest BCUT2D eigenvalue weighted by Gasteiger charge is -2.35. The van der Waals surface area contributed by atoms with E-state index in [0.29, 0.717) is 13.2 Å². The molecular weight excluding hydrogens is 190 g/mol. The van der Waals surface area contributed by atoms with Gasteiger partial charge >= 0.3 is 0 Å². The summed E-state index contributed by atoms with van der Waals surface area (Å²) in [6.45, 7) is 13.7. The fourth-order valence-electron chi connectivity index (χ4n) is 1.66. The summed E-state index contributed by atoms with van der Waals surface area (Å²) in [5.41, 5.74) is 0.185. The molecule has 1 atom stereocenters. The van der Waals surface area contributed by atoms with E-state index < -0.39 is 0 Å². The Labute approximate surface area is 94.2 Å². The average molecular weight is 217 g/mol. The maximum Gasteiger partial charge on any atom is 0.0745 e. The van der Waals surface area contributed by atoms with Crippen molar-refractivity contribution in [3.63, 3.8) is 0 Å². The zero-order valence-corrected chi connectivity index (χ0v) is 11.1. The zero-order valence-electron chi connectivity index (χ0n) is 11.1. The molecule has 0 aromatic rings. The van der Waals surface area contributed by atoms with Crippen molar-refractivity contribution < 1.29 is 9.84 Å². The molecule has 0 aliphatic carbocycles. The summed E-state index contributed by atoms with van der Waals surface area (Å²) in [6, 6.07) is 0. The quantitative estimate of drug-likeness (QED) is 0.668. The van der Waals surface area contributed by atoms with Gasteiger partial charge in [0.1, 0.15) is 0 Å². The molecule has 0 spiro atoms. The Morgan fingerprint density at radius 3 is 2.13 bits per heavy atom. The number of aliphatic hydroxyl groups is 1. The molecule has 0 aromatic heterocycles. The Morgan fingerprint density at radius 1 is 1.20 bits per heavy atom. The highest BCUT2D eigenvalue weighted by molar-refractivity contribution is 4.85. The zero-order chi connectivity index (χ0) is 12.1. The summed E-state index contributed by atoms with van der Waals surface area (Å²) < 4.78 is 5.36. The lowest BCUT2D eigenvalue weighted by Crippen LogP contribution is -2.50. The molecule has 3 nitrogen and oxygen atoms in total. The largest absolute Gasteiger partial charge is 0.391 e. The molecule has 0 radical (unpaired) electrons. The number of nitrogens with one attached hydrogen (secondary N) is 1. The van der Waals surface area contributed by atoms with Gasteiger partial charge in [-0.2, -0.15) is 0 Å². The molecule has 0 aliphatic rings. The lowest BCUT2D eigenvalue weighted by molar-refractivity contribution is 0.0360. The van der Waals surface area contributed by atoms with E-state index in [0.717, 1.165) is 6.42 Å². The van der Waals surface area contributed by atoms with Gasteiger partial charge in [-0.3, -0.25) is 0 Å². The number of ether oxygens (including phenoxy) is 1. The number of hydrogen-bond acceptors (Lipinski definition) is 3. The monoisotopic (exact) mass is 217 g/mol. The average Bonchev–Trinajstić information content (AvgIpc) is 1.93. The molecule has 0 saturated heterocycles. The maximum atomic E-state index is 9.03. The van der Waals surface area contributed by atoms with Gasteiger partial charge in [-0.25, -0.2) is 0 Å². The molecular formula is C12H27NO2. The van der Waals surface area contributed by atoms with Crippen LogP contribution in [0.1, 0.15) is 48.0 Å². The molecule has 0 fully saturated rings. The first-order valence-electron chi connectivity index (χ1n) is 5.67. The topological polar surface area (TPSA) is 41.5 Å². The Balaban J connectivity index is 3.74. The highest BCUT2D eigenvalue weighted by Crippen LogP contribution is 2.14. The molecule has 0 rings (SSSR count). The van der Waals surface area contributed by atoms with Crippen LogP contribution in [0.25, 0.3) is 0 Å². The van der Waals surface area contributed by atoms with Crippen molar-refractivity contribution >= 4 is 0 Å². The van der Waals surface area contributed by atoms with Crippen LogP contribution in [0.4, 0.5) is 0 Å². The van der Waals surface area contributed by atoms with Gasteiger partial charge < -0.3 is 15.2 Å². The van der Waals surface area contributed by atoms with Gasteiger partial charge in [0.25, 0.3) is 0 Å². The third kappa shape index (κ3) is 10.2. The third-order valence-electron chi connectivity index (χ3n) is 1.94. The van der Waals surface area contributed by atoms with Crippen LogP contribution >= 0.6 is 0 Å². The first kappa shape index (κ1) is 14.9. The van der Waals surface area contributed by atoms with Crippen molar-refractivity contribution in [3.8, 4) is 0 Å². The second kappa shape index (κ2) is 5.83. The SMILES string of the molecule is CC(O)COCCC(C)(C)NC(C)(C)C. The van der Waals surface area contributed by atoms with E-state index in [4.69, 9.17) is 9.84 Å². The highest BCUT2D eigenvalue weighted by atomic mass is 16.5. The molecule has 0 aromatic carbocycles. The van der Waals surface area contributed by atoms with Crippen molar-refractivity contribution in [2.24, 2.45) is 0 Å². The normalized spacial score (nSPS) is 15.4. The van der Waals surface area contributed by atoms with Crippen LogP contribution in [0.2, 0.25) is 0 Å². The van der Waals surface area contributed by atoms with E-state index in [1.54, 1.807) is 6.92 Å². The Kier molecular flexibility index (Phi) is 5.78.